The van der Waals surface area contributed by atoms with Crippen molar-refractivity contribution in [3.8, 4) is 0 Å². The van der Waals surface area contributed by atoms with Crippen molar-refractivity contribution in [1.29, 1.82) is 0 Å². The number of rotatable bonds is 25. The summed E-state index contributed by atoms with van der Waals surface area (Å²) in [4.78, 5) is 12.2. The molecule has 3 N–H and O–H groups in total. The van der Waals surface area contributed by atoms with Crippen LogP contribution in [0.2, 0.25) is 0 Å². The van der Waals surface area contributed by atoms with E-state index in [0.717, 1.165) is 57.8 Å². The number of carbonyl (C=O) groups excluding carboxylic acids is 1. The lowest BCUT2D eigenvalue weighted by atomic mass is 10.1. The largest absolute Gasteiger partial charge is 0.394 e. The Hall–Kier alpha value is -2.69. The Labute approximate surface area is 245 Å². The van der Waals surface area contributed by atoms with Crippen LogP contribution < -0.4 is 5.32 Å². The van der Waals surface area contributed by atoms with Crippen LogP contribution in [0.5, 0.6) is 0 Å². The third-order valence-corrected chi connectivity index (χ3v) is 6.06. The van der Waals surface area contributed by atoms with E-state index in [0.29, 0.717) is 0 Å². The van der Waals surface area contributed by atoms with Gasteiger partial charge in [-0.3, -0.25) is 4.79 Å². The number of aliphatic hydroxyl groups is 2. The fraction of sp³-hybridized carbons (Fsp3) is 0.528. The van der Waals surface area contributed by atoms with Crippen LogP contribution in [0, 0.1) is 0 Å². The summed E-state index contributed by atoms with van der Waals surface area (Å²) in [6.07, 6.45) is 46.4. The normalized spacial score (nSPS) is 14.6. The summed E-state index contributed by atoms with van der Waals surface area (Å²) in [6, 6.07) is -0.703. The topological polar surface area (TPSA) is 69.6 Å². The van der Waals surface area contributed by atoms with E-state index in [1.165, 1.54) is 25.7 Å². The smallest absolute Gasteiger partial charge is 0.224 e. The van der Waals surface area contributed by atoms with Gasteiger partial charge in [0.25, 0.3) is 0 Å². The molecule has 0 aliphatic carbocycles. The van der Waals surface area contributed by atoms with E-state index >= 15 is 0 Å². The second-order valence-corrected chi connectivity index (χ2v) is 9.78. The lowest BCUT2D eigenvalue weighted by molar-refractivity contribution is -0.122. The average Bonchev–Trinajstić information content (AvgIpc) is 2.96. The van der Waals surface area contributed by atoms with Crippen LogP contribution in [-0.2, 0) is 4.79 Å². The highest BCUT2D eigenvalue weighted by Crippen LogP contribution is 2.04. The molecule has 0 fully saturated rings. The van der Waals surface area contributed by atoms with Gasteiger partial charge < -0.3 is 15.5 Å². The Morgan fingerprint density at radius 3 is 1.60 bits per heavy atom. The highest BCUT2D eigenvalue weighted by molar-refractivity contribution is 5.77. The van der Waals surface area contributed by atoms with E-state index in [4.69, 9.17) is 0 Å². The second kappa shape index (κ2) is 30.8. The summed E-state index contributed by atoms with van der Waals surface area (Å²) >= 11 is 0. The quantitative estimate of drug-likeness (QED) is 0.0784. The molecule has 2 atom stereocenters. The van der Waals surface area contributed by atoms with E-state index < -0.39 is 12.1 Å². The van der Waals surface area contributed by atoms with Gasteiger partial charge in [-0.25, -0.2) is 0 Å². The molecule has 40 heavy (non-hydrogen) atoms. The van der Waals surface area contributed by atoms with Gasteiger partial charge in [-0.05, 0) is 70.6 Å². The molecule has 0 saturated carbocycles. The van der Waals surface area contributed by atoms with Crippen molar-refractivity contribution >= 4 is 5.91 Å². The van der Waals surface area contributed by atoms with Crippen molar-refractivity contribution in [1.82, 2.24) is 5.32 Å². The number of aliphatic hydroxyl groups excluding tert-OH is 2. The van der Waals surface area contributed by atoms with Crippen LogP contribution in [0.3, 0.4) is 0 Å². The van der Waals surface area contributed by atoms with E-state index in [9.17, 15) is 15.0 Å². The molecule has 0 saturated heterocycles. The maximum absolute atomic E-state index is 12.2. The average molecular weight is 552 g/mol. The molecule has 0 spiro atoms. The van der Waals surface area contributed by atoms with Crippen LogP contribution in [0.4, 0.5) is 0 Å². The number of hydrogen-bond acceptors (Lipinski definition) is 3. The third kappa shape index (κ3) is 26.9. The Morgan fingerprint density at radius 1 is 0.625 bits per heavy atom. The molecular weight excluding hydrogens is 494 g/mol. The summed E-state index contributed by atoms with van der Waals surface area (Å²) in [5.41, 5.74) is 0. The zero-order chi connectivity index (χ0) is 29.4. The van der Waals surface area contributed by atoms with Crippen LogP contribution in [0.25, 0.3) is 0 Å². The fourth-order valence-electron chi connectivity index (χ4n) is 3.68. The summed E-state index contributed by atoms with van der Waals surface area (Å²) in [5.74, 6) is -0.213. The van der Waals surface area contributed by atoms with Gasteiger partial charge in [-0.15, -0.1) is 0 Å². The second-order valence-electron chi connectivity index (χ2n) is 9.78. The zero-order valence-corrected chi connectivity index (χ0v) is 25.3. The number of nitrogens with one attached hydrogen (secondary N) is 1. The van der Waals surface area contributed by atoms with Crippen LogP contribution in [-0.4, -0.2) is 34.9 Å². The van der Waals surface area contributed by atoms with Crippen molar-refractivity contribution in [2.45, 2.75) is 116 Å². The first-order chi connectivity index (χ1) is 19.7. The maximum atomic E-state index is 12.2. The molecule has 0 aliphatic heterocycles. The Kier molecular flexibility index (Phi) is 28.8. The van der Waals surface area contributed by atoms with Gasteiger partial charge in [-0.1, -0.05) is 124 Å². The van der Waals surface area contributed by atoms with Gasteiger partial charge in [0.05, 0.1) is 18.8 Å². The number of unbranched alkanes of at least 4 members (excludes halogenated alkanes) is 5. The number of amides is 1. The lowest BCUT2D eigenvalue weighted by Crippen LogP contribution is -2.44. The first kappa shape index (κ1) is 37.3. The van der Waals surface area contributed by atoms with Gasteiger partial charge in [0.15, 0.2) is 0 Å². The van der Waals surface area contributed by atoms with Crippen molar-refractivity contribution in [3.05, 3.63) is 97.2 Å². The predicted molar refractivity (Wildman–Crippen MR) is 174 cm³/mol. The van der Waals surface area contributed by atoms with E-state index in [-0.39, 0.29) is 18.9 Å². The fourth-order valence-corrected chi connectivity index (χ4v) is 3.68. The van der Waals surface area contributed by atoms with E-state index in [1.807, 2.05) is 18.2 Å². The minimum absolute atomic E-state index is 0.213. The van der Waals surface area contributed by atoms with E-state index in [1.54, 1.807) is 6.08 Å². The first-order valence-electron chi connectivity index (χ1n) is 15.5. The van der Waals surface area contributed by atoms with Crippen molar-refractivity contribution in [2.75, 3.05) is 6.61 Å². The Bertz CT molecular complexity index is 814. The van der Waals surface area contributed by atoms with Crippen molar-refractivity contribution in [3.63, 3.8) is 0 Å². The molecule has 0 aliphatic rings. The maximum Gasteiger partial charge on any atom is 0.224 e. The molecule has 4 nitrogen and oxygen atoms in total. The highest BCUT2D eigenvalue weighted by atomic mass is 16.3. The Balaban J connectivity index is 3.99. The third-order valence-electron chi connectivity index (χ3n) is 6.06. The molecule has 0 bridgehead atoms. The summed E-state index contributed by atoms with van der Waals surface area (Å²) in [7, 11) is 0. The van der Waals surface area contributed by atoms with Crippen molar-refractivity contribution in [2.24, 2.45) is 0 Å². The standard InChI is InChI=1S/C36H57NO3/c1-3-5-7-9-11-13-15-17-18-20-22-24-26-28-30-32-36(40)37-34(33-38)35(39)31-29-27-25-23-21-19-16-14-12-10-8-6-4-2/h5,7,11-14,17-18,21-24,28-31,34-35,38-39H,3-4,6,8-10,15-16,19-20,25-27,32-33H2,1-2H3,(H,37,40)/b7-5-,13-11-,14-12+,18-17-,23-21+,24-22-,30-28-,31-29+. The molecule has 0 aromatic carbocycles. The zero-order valence-electron chi connectivity index (χ0n) is 25.3. The summed E-state index contributed by atoms with van der Waals surface area (Å²) in [6.45, 7) is 4.05. The van der Waals surface area contributed by atoms with Crippen molar-refractivity contribution < 1.29 is 15.0 Å². The van der Waals surface area contributed by atoms with Gasteiger partial charge in [-0.2, -0.15) is 0 Å². The van der Waals surface area contributed by atoms with Gasteiger partial charge >= 0.3 is 0 Å². The highest BCUT2D eigenvalue weighted by Gasteiger charge is 2.17. The van der Waals surface area contributed by atoms with E-state index in [2.05, 4.69) is 92.1 Å². The molecule has 0 rings (SSSR count). The van der Waals surface area contributed by atoms with Crippen LogP contribution in [0.15, 0.2) is 97.2 Å². The number of hydrogen-bond donors (Lipinski definition) is 3. The minimum atomic E-state index is -0.913. The SMILES string of the molecule is CC/C=C\C/C=C\C/C=C\C/C=C\C/C=C\CC(=O)NC(CO)C(O)/C=C/CC/C=C/CC/C=C/CCCCC. The number of allylic oxidation sites excluding steroid dienone is 14. The lowest BCUT2D eigenvalue weighted by Gasteiger charge is -2.19. The molecular formula is C36H57NO3. The predicted octanol–water partition coefficient (Wildman–Crippen LogP) is 8.78. The minimum Gasteiger partial charge on any atom is -0.394 e. The van der Waals surface area contributed by atoms with Gasteiger partial charge in [0.2, 0.25) is 5.91 Å². The van der Waals surface area contributed by atoms with Gasteiger partial charge in [0.1, 0.15) is 0 Å². The summed E-state index contributed by atoms with van der Waals surface area (Å²) < 4.78 is 0. The number of carbonyl (C=O) groups is 1. The van der Waals surface area contributed by atoms with Crippen LogP contribution in [0.1, 0.15) is 104 Å². The van der Waals surface area contributed by atoms with Gasteiger partial charge in [0, 0.05) is 6.42 Å². The molecule has 4 heteroatoms. The molecule has 0 radical (unpaired) electrons. The molecule has 0 heterocycles. The molecule has 1 amide bonds. The molecule has 224 valence electrons. The molecule has 0 aromatic heterocycles. The van der Waals surface area contributed by atoms with Crippen LogP contribution >= 0.6 is 0 Å². The first-order valence-corrected chi connectivity index (χ1v) is 15.5. The molecule has 0 aromatic rings. The monoisotopic (exact) mass is 551 g/mol. The Morgan fingerprint density at radius 2 is 1.10 bits per heavy atom. The molecule has 2 unspecified atom stereocenters. The summed E-state index contributed by atoms with van der Waals surface area (Å²) in [5, 5.41) is 22.6.